The van der Waals surface area contributed by atoms with Crippen LogP contribution in [0.5, 0.6) is 0 Å². The molecular formula is C10H17NO. The van der Waals surface area contributed by atoms with Crippen LogP contribution in [-0.2, 0) is 4.79 Å². The highest BCUT2D eigenvalue weighted by Gasteiger charge is 2.29. The highest BCUT2D eigenvalue weighted by atomic mass is 16.1. The first-order valence-corrected chi connectivity index (χ1v) is 4.41. The Morgan fingerprint density at radius 2 is 2.17 bits per heavy atom. The van der Waals surface area contributed by atoms with Crippen molar-refractivity contribution in [3.63, 3.8) is 0 Å². The van der Waals surface area contributed by atoms with E-state index < -0.39 is 0 Å². The molecule has 0 aromatic carbocycles. The van der Waals surface area contributed by atoms with Crippen molar-refractivity contribution < 1.29 is 4.79 Å². The third kappa shape index (κ3) is 1.68. The second-order valence-electron chi connectivity index (χ2n) is 4.26. The highest BCUT2D eigenvalue weighted by molar-refractivity contribution is 5.76. The Bertz CT molecular complexity index is 238. The van der Waals surface area contributed by atoms with Gasteiger partial charge in [-0.2, -0.15) is 0 Å². The molecule has 1 rings (SSSR count). The van der Waals surface area contributed by atoms with Crippen LogP contribution in [0.1, 0.15) is 40.0 Å². The van der Waals surface area contributed by atoms with Crippen LogP contribution in [0.15, 0.2) is 11.1 Å². The first-order valence-electron chi connectivity index (χ1n) is 4.41. The summed E-state index contributed by atoms with van der Waals surface area (Å²) in [6.45, 7) is 6.55. The number of nitrogens with two attached hydrogens (primary N) is 1. The second-order valence-corrected chi connectivity index (χ2v) is 4.26. The maximum absolute atomic E-state index is 10.7. The molecule has 1 amide bonds. The van der Waals surface area contributed by atoms with Gasteiger partial charge in [0.1, 0.15) is 0 Å². The van der Waals surface area contributed by atoms with E-state index in [9.17, 15) is 4.79 Å². The third-order valence-corrected chi connectivity index (χ3v) is 2.98. The minimum atomic E-state index is -0.206. The van der Waals surface area contributed by atoms with E-state index in [1.54, 1.807) is 0 Å². The number of rotatable bonds is 2. The Balaban J connectivity index is 2.78. The van der Waals surface area contributed by atoms with Gasteiger partial charge < -0.3 is 5.73 Å². The Morgan fingerprint density at radius 1 is 1.58 bits per heavy atom. The topological polar surface area (TPSA) is 43.1 Å². The van der Waals surface area contributed by atoms with Crippen molar-refractivity contribution in [2.24, 2.45) is 11.1 Å². The summed E-state index contributed by atoms with van der Waals surface area (Å²) < 4.78 is 0. The highest BCUT2D eigenvalue weighted by Crippen LogP contribution is 2.42. The zero-order valence-electron chi connectivity index (χ0n) is 8.11. The number of hydrogen-bond donors (Lipinski definition) is 1. The summed E-state index contributed by atoms with van der Waals surface area (Å²) in [5, 5.41) is 0. The molecule has 0 aromatic heterocycles. The lowest BCUT2D eigenvalue weighted by Gasteiger charge is -2.19. The van der Waals surface area contributed by atoms with E-state index in [1.165, 1.54) is 11.1 Å². The third-order valence-electron chi connectivity index (χ3n) is 2.98. The summed E-state index contributed by atoms with van der Waals surface area (Å²) in [5.74, 6) is -0.206. The standard InChI is InChI=1S/C10H17NO/c1-7-8(6-9(11)12)4-5-10(7,2)3/h4-6H2,1-3H3,(H2,11,12). The zero-order valence-corrected chi connectivity index (χ0v) is 8.11. The molecule has 2 nitrogen and oxygen atoms in total. The molecule has 0 fully saturated rings. The molecule has 68 valence electrons. The van der Waals surface area contributed by atoms with Crippen molar-refractivity contribution in [1.29, 1.82) is 0 Å². The number of allylic oxidation sites excluding steroid dienone is 1. The van der Waals surface area contributed by atoms with Crippen molar-refractivity contribution in [1.82, 2.24) is 0 Å². The molecule has 0 unspecified atom stereocenters. The fourth-order valence-electron chi connectivity index (χ4n) is 1.75. The largest absolute Gasteiger partial charge is 0.369 e. The van der Waals surface area contributed by atoms with Gasteiger partial charge in [0.15, 0.2) is 0 Å². The van der Waals surface area contributed by atoms with E-state index in [4.69, 9.17) is 5.73 Å². The average molecular weight is 167 g/mol. The lowest BCUT2D eigenvalue weighted by atomic mass is 9.86. The van der Waals surface area contributed by atoms with Crippen LogP contribution in [0, 0.1) is 5.41 Å². The van der Waals surface area contributed by atoms with Crippen LogP contribution in [-0.4, -0.2) is 5.91 Å². The number of primary amides is 1. The lowest BCUT2D eigenvalue weighted by molar-refractivity contribution is -0.117. The molecule has 0 aromatic rings. The molecule has 12 heavy (non-hydrogen) atoms. The predicted octanol–water partition coefficient (Wildman–Crippen LogP) is 2.00. The van der Waals surface area contributed by atoms with Crippen molar-refractivity contribution >= 4 is 5.91 Å². The average Bonchev–Trinajstić information content (AvgIpc) is 2.15. The van der Waals surface area contributed by atoms with Gasteiger partial charge in [-0.15, -0.1) is 0 Å². The van der Waals surface area contributed by atoms with E-state index in [0.29, 0.717) is 6.42 Å². The van der Waals surface area contributed by atoms with Gasteiger partial charge in [-0.3, -0.25) is 4.79 Å². The maximum atomic E-state index is 10.7. The van der Waals surface area contributed by atoms with Gasteiger partial charge in [0.2, 0.25) is 5.91 Å². The Labute approximate surface area is 73.8 Å². The van der Waals surface area contributed by atoms with Gasteiger partial charge in [-0.1, -0.05) is 25.0 Å². The number of amides is 1. The van der Waals surface area contributed by atoms with Gasteiger partial charge >= 0.3 is 0 Å². The van der Waals surface area contributed by atoms with Crippen LogP contribution in [0.4, 0.5) is 0 Å². The molecule has 0 spiro atoms. The SMILES string of the molecule is CC1=C(CC(N)=O)CCC1(C)C. The van der Waals surface area contributed by atoms with Crippen LogP contribution >= 0.6 is 0 Å². The Hall–Kier alpha value is -0.790. The van der Waals surface area contributed by atoms with E-state index in [2.05, 4.69) is 20.8 Å². The van der Waals surface area contributed by atoms with Crippen molar-refractivity contribution in [2.45, 2.75) is 40.0 Å². The minimum Gasteiger partial charge on any atom is -0.369 e. The molecule has 0 heterocycles. The Kier molecular flexibility index (Phi) is 2.27. The van der Waals surface area contributed by atoms with Gasteiger partial charge in [0.25, 0.3) is 0 Å². The van der Waals surface area contributed by atoms with Gasteiger partial charge in [-0.05, 0) is 25.2 Å². The lowest BCUT2D eigenvalue weighted by Crippen LogP contribution is -2.12. The van der Waals surface area contributed by atoms with Crippen LogP contribution < -0.4 is 5.73 Å². The predicted molar refractivity (Wildman–Crippen MR) is 49.5 cm³/mol. The molecule has 0 saturated carbocycles. The molecule has 2 heteroatoms. The number of carbonyl (C=O) groups excluding carboxylic acids is 1. The molecule has 1 aliphatic rings. The molecule has 0 atom stereocenters. The fraction of sp³-hybridized carbons (Fsp3) is 0.700. The van der Waals surface area contributed by atoms with Crippen LogP contribution in [0.2, 0.25) is 0 Å². The monoisotopic (exact) mass is 167 g/mol. The first-order chi connectivity index (χ1) is 5.43. The fourth-order valence-corrected chi connectivity index (χ4v) is 1.75. The van der Waals surface area contributed by atoms with Gasteiger partial charge in [0, 0.05) is 6.42 Å². The summed E-state index contributed by atoms with van der Waals surface area (Å²) in [6, 6.07) is 0. The quantitative estimate of drug-likeness (QED) is 0.628. The molecule has 0 bridgehead atoms. The molecule has 0 saturated heterocycles. The second kappa shape index (κ2) is 2.92. The van der Waals surface area contributed by atoms with Crippen molar-refractivity contribution in [2.75, 3.05) is 0 Å². The summed E-state index contributed by atoms with van der Waals surface area (Å²) in [7, 11) is 0. The Morgan fingerprint density at radius 3 is 2.50 bits per heavy atom. The summed E-state index contributed by atoms with van der Waals surface area (Å²) in [5.41, 5.74) is 8.05. The maximum Gasteiger partial charge on any atom is 0.221 e. The molecular weight excluding hydrogens is 150 g/mol. The van der Waals surface area contributed by atoms with Crippen LogP contribution in [0.25, 0.3) is 0 Å². The zero-order chi connectivity index (χ0) is 9.35. The number of hydrogen-bond acceptors (Lipinski definition) is 1. The molecule has 0 aliphatic heterocycles. The summed E-state index contributed by atoms with van der Waals surface area (Å²) >= 11 is 0. The van der Waals surface area contributed by atoms with E-state index in [0.717, 1.165) is 12.8 Å². The molecule has 0 radical (unpaired) electrons. The van der Waals surface area contributed by atoms with Gasteiger partial charge in [-0.25, -0.2) is 0 Å². The molecule has 2 N–H and O–H groups in total. The van der Waals surface area contributed by atoms with Crippen molar-refractivity contribution in [3.05, 3.63) is 11.1 Å². The minimum absolute atomic E-state index is 0.206. The smallest absolute Gasteiger partial charge is 0.221 e. The summed E-state index contributed by atoms with van der Waals surface area (Å²) in [6.07, 6.45) is 2.65. The number of carbonyl (C=O) groups is 1. The van der Waals surface area contributed by atoms with Crippen LogP contribution in [0.3, 0.4) is 0 Å². The van der Waals surface area contributed by atoms with E-state index in [1.807, 2.05) is 0 Å². The first kappa shape index (κ1) is 9.30. The van der Waals surface area contributed by atoms with Crippen molar-refractivity contribution in [3.8, 4) is 0 Å². The summed E-state index contributed by atoms with van der Waals surface area (Å²) in [4.78, 5) is 10.7. The molecule has 1 aliphatic carbocycles. The normalized spacial score (nSPS) is 21.6. The van der Waals surface area contributed by atoms with E-state index in [-0.39, 0.29) is 11.3 Å². The van der Waals surface area contributed by atoms with E-state index >= 15 is 0 Å². The van der Waals surface area contributed by atoms with Gasteiger partial charge in [0.05, 0.1) is 0 Å².